The molecule has 1 atom stereocenters. The highest BCUT2D eigenvalue weighted by Crippen LogP contribution is 2.33. The number of aliphatic hydroxyl groups excluding tert-OH is 1. The van der Waals surface area contributed by atoms with E-state index in [0.29, 0.717) is 46.2 Å². The molecule has 1 saturated carbocycles. The van der Waals surface area contributed by atoms with Gasteiger partial charge in [0.25, 0.3) is 5.91 Å². The average molecular weight is 505 g/mol. The number of hydrogen-bond acceptors (Lipinski definition) is 6. The van der Waals surface area contributed by atoms with E-state index in [-0.39, 0.29) is 19.1 Å². The number of pyridine rings is 1. The first-order valence-corrected chi connectivity index (χ1v) is 12.7. The number of benzene rings is 1. The fraction of sp³-hybridized carbons (Fsp3) is 0.556. The number of aliphatic hydroxyl groups is 1. The SMILES string of the molecule is CCc1ccc(OC)c([C@@H](COC)Oc2ccc(C(=O)NCC3CCC(CCO)CC3)cc2Cl)n1. The minimum absolute atomic E-state index is 0.150. The molecule has 0 aliphatic heterocycles. The summed E-state index contributed by atoms with van der Waals surface area (Å²) in [5.74, 6) is 1.99. The third-order valence-corrected chi connectivity index (χ3v) is 6.96. The number of nitrogens with zero attached hydrogens (tertiary/aromatic N) is 1. The number of nitrogens with one attached hydrogen (secondary N) is 1. The molecule has 0 unspecified atom stereocenters. The summed E-state index contributed by atoms with van der Waals surface area (Å²) in [6, 6.07) is 8.85. The number of carbonyl (C=O) groups excluding carboxylic acids is 1. The molecule has 1 amide bonds. The topological polar surface area (TPSA) is 89.9 Å². The second-order valence-electron chi connectivity index (χ2n) is 9.06. The van der Waals surface area contributed by atoms with Crippen LogP contribution < -0.4 is 14.8 Å². The summed E-state index contributed by atoms with van der Waals surface area (Å²) >= 11 is 6.51. The van der Waals surface area contributed by atoms with Crippen LogP contribution in [0.3, 0.4) is 0 Å². The minimum Gasteiger partial charge on any atom is -0.495 e. The van der Waals surface area contributed by atoms with Crippen molar-refractivity contribution in [3.63, 3.8) is 0 Å². The number of amides is 1. The maximum Gasteiger partial charge on any atom is 0.251 e. The maximum absolute atomic E-state index is 12.7. The summed E-state index contributed by atoms with van der Waals surface area (Å²) in [5.41, 5.74) is 2.05. The van der Waals surface area contributed by atoms with E-state index in [1.54, 1.807) is 32.4 Å². The summed E-state index contributed by atoms with van der Waals surface area (Å²) in [6.45, 7) is 3.20. The van der Waals surface area contributed by atoms with Gasteiger partial charge < -0.3 is 24.6 Å². The van der Waals surface area contributed by atoms with Gasteiger partial charge in [-0.25, -0.2) is 4.98 Å². The Labute approximate surface area is 213 Å². The molecule has 1 aromatic carbocycles. The number of aromatic nitrogens is 1. The molecule has 8 heteroatoms. The van der Waals surface area contributed by atoms with Crippen LogP contribution in [-0.4, -0.2) is 50.0 Å². The van der Waals surface area contributed by atoms with E-state index in [1.165, 1.54) is 0 Å². The van der Waals surface area contributed by atoms with Gasteiger partial charge in [-0.1, -0.05) is 31.4 Å². The van der Waals surface area contributed by atoms with Gasteiger partial charge in [0.15, 0.2) is 6.10 Å². The monoisotopic (exact) mass is 504 g/mol. The number of carbonyl (C=O) groups is 1. The van der Waals surface area contributed by atoms with Crippen molar-refractivity contribution in [3.8, 4) is 11.5 Å². The average Bonchev–Trinajstić information content (AvgIpc) is 2.88. The van der Waals surface area contributed by atoms with Crippen LogP contribution in [0.4, 0.5) is 0 Å². The van der Waals surface area contributed by atoms with Gasteiger partial charge in [0.05, 0.1) is 18.7 Å². The van der Waals surface area contributed by atoms with Crippen LogP contribution in [0.25, 0.3) is 0 Å². The molecule has 0 radical (unpaired) electrons. The van der Waals surface area contributed by atoms with Gasteiger partial charge in [0, 0.05) is 31.5 Å². The molecule has 1 fully saturated rings. The fourth-order valence-electron chi connectivity index (χ4n) is 4.56. The van der Waals surface area contributed by atoms with Gasteiger partial charge in [0.1, 0.15) is 17.2 Å². The highest BCUT2D eigenvalue weighted by atomic mass is 35.5. The van der Waals surface area contributed by atoms with Gasteiger partial charge in [0.2, 0.25) is 0 Å². The number of aryl methyl sites for hydroxylation is 1. The van der Waals surface area contributed by atoms with E-state index >= 15 is 0 Å². The van der Waals surface area contributed by atoms with Crippen molar-refractivity contribution in [2.45, 2.75) is 51.6 Å². The molecule has 35 heavy (non-hydrogen) atoms. The Morgan fingerprint density at radius 2 is 1.86 bits per heavy atom. The number of rotatable bonds is 12. The molecule has 1 aromatic heterocycles. The Hall–Kier alpha value is -2.35. The molecule has 1 aliphatic rings. The predicted molar refractivity (Wildman–Crippen MR) is 136 cm³/mol. The zero-order chi connectivity index (χ0) is 25.2. The third-order valence-electron chi connectivity index (χ3n) is 6.67. The van der Waals surface area contributed by atoms with E-state index in [4.69, 9.17) is 30.9 Å². The largest absolute Gasteiger partial charge is 0.495 e. The van der Waals surface area contributed by atoms with E-state index in [2.05, 4.69) is 10.3 Å². The van der Waals surface area contributed by atoms with Crippen molar-refractivity contribution in [1.29, 1.82) is 0 Å². The first kappa shape index (κ1) is 27.2. The summed E-state index contributed by atoms with van der Waals surface area (Å²) in [6.07, 6.45) is 5.52. The zero-order valence-corrected chi connectivity index (χ0v) is 21.6. The van der Waals surface area contributed by atoms with Crippen LogP contribution in [0.1, 0.15) is 66.9 Å². The Bertz CT molecular complexity index is 963. The number of halogens is 1. The zero-order valence-electron chi connectivity index (χ0n) is 20.9. The number of methoxy groups -OCH3 is 2. The molecule has 7 nitrogen and oxygen atoms in total. The van der Waals surface area contributed by atoms with Crippen molar-refractivity contribution < 1.29 is 24.1 Å². The lowest BCUT2D eigenvalue weighted by Gasteiger charge is -2.28. The van der Waals surface area contributed by atoms with Gasteiger partial charge in [-0.3, -0.25) is 4.79 Å². The quantitative estimate of drug-likeness (QED) is 0.423. The van der Waals surface area contributed by atoms with Crippen LogP contribution in [0, 0.1) is 11.8 Å². The lowest BCUT2D eigenvalue weighted by Crippen LogP contribution is -2.31. The van der Waals surface area contributed by atoms with E-state index < -0.39 is 6.10 Å². The molecular formula is C27H37ClN2O5. The molecule has 0 saturated heterocycles. The highest BCUT2D eigenvalue weighted by Gasteiger charge is 2.23. The second kappa shape index (κ2) is 13.7. The van der Waals surface area contributed by atoms with Crippen molar-refractivity contribution in [3.05, 3.63) is 52.3 Å². The minimum atomic E-state index is -0.528. The van der Waals surface area contributed by atoms with E-state index in [0.717, 1.165) is 44.2 Å². The number of hydrogen-bond donors (Lipinski definition) is 2. The summed E-state index contributed by atoms with van der Waals surface area (Å²) in [4.78, 5) is 17.4. The molecule has 2 N–H and O–H groups in total. The van der Waals surface area contributed by atoms with Crippen LogP contribution in [0.15, 0.2) is 30.3 Å². The Morgan fingerprint density at radius 1 is 1.14 bits per heavy atom. The lowest BCUT2D eigenvalue weighted by atomic mass is 9.80. The number of ether oxygens (including phenoxy) is 3. The van der Waals surface area contributed by atoms with Crippen molar-refractivity contribution in [1.82, 2.24) is 10.3 Å². The lowest BCUT2D eigenvalue weighted by molar-refractivity contribution is 0.0765. The molecule has 1 heterocycles. The maximum atomic E-state index is 12.7. The van der Waals surface area contributed by atoms with Crippen LogP contribution in [-0.2, 0) is 11.2 Å². The molecule has 3 rings (SSSR count). The molecule has 2 aromatic rings. The molecule has 0 bridgehead atoms. The molecular weight excluding hydrogens is 468 g/mol. The van der Waals surface area contributed by atoms with Crippen LogP contribution in [0.2, 0.25) is 5.02 Å². The first-order valence-electron chi connectivity index (χ1n) is 12.4. The Balaban J connectivity index is 1.64. The second-order valence-corrected chi connectivity index (χ2v) is 9.47. The smallest absolute Gasteiger partial charge is 0.251 e. The Kier molecular flexibility index (Phi) is 10.6. The third kappa shape index (κ3) is 7.56. The van der Waals surface area contributed by atoms with E-state index in [9.17, 15) is 4.79 Å². The van der Waals surface area contributed by atoms with Crippen LogP contribution >= 0.6 is 11.6 Å². The van der Waals surface area contributed by atoms with Crippen molar-refractivity contribution in [2.24, 2.45) is 11.8 Å². The van der Waals surface area contributed by atoms with Gasteiger partial charge in [-0.05, 0) is 67.9 Å². The highest BCUT2D eigenvalue weighted by molar-refractivity contribution is 6.32. The normalized spacial score (nSPS) is 18.7. The van der Waals surface area contributed by atoms with Crippen molar-refractivity contribution >= 4 is 17.5 Å². The summed E-state index contributed by atoms with van der Waals surface area (Å²) < 4.78 is 17.0. The molecule has 0 spiro atoms. The summed E-state index contributed by atoms with van der Waals surface area (Å²) in [7, 11) is 3.19. The van der Waals surface area contributed by atoms with Crippen LogP contribution in [0.5, 0.6) is 11.5 Å². The fourth-order valence-corrected chi connectivity index (χ4v) is 4.79. The van der Waals surface area contributed by atoms with Gasteiger partial charge in [-0.2, -0.15) is 0 Å². The first-order chi connectivity index (χ1) is 17.0. The molecule has 1 aliphatic carbocycles. The summed E-state index contributed by atoms with van der Waals surface area (Å²) in [5, 5.41) is 12.5. The predicted octanol–water partition coefficient (Wildman–Crippen LogP) is 4.99. The molecule has 192 valence electrons. The van der Waals surface area contributed by atoms with Gasteiger partial charge in [-0.15, -0.1) is 0 Å². The Morgan fingerprint density at radius 3 is 2.49 bits per heavy atom. The van der Waals surface area contributed by atoms with Gasteiger partial charge >= 0.3 is 0 Å². The standard InChI is InChI=1S/C27H37ClN2O5/c1-4-21-10-12-24(34-3)26(30-21)25(17-33-2)35-23-11-9-20(15-22(23)28)27(32)29-16-19-7-5-18(6-8-19)13-14-31/h9-12,15,18-19,25,31H,4-8,13-14,16-17H2,1-3H3,(H,29,32)/t18?,19?,25-/m1/s1. The van der Waals surface area contributed by atoms with E-state index in [1.807, 2.05) is 19.1 Å². The van der Waals surface area contributed by atoms with Crippen molar-refractivity contribution in [2.75, 3.05) is 34.0 Å².